The number of rotatable bonds is 7. The molecule has 0 amide bonds. The number of nitrogens with one attached hydrogen (secondary N) is 1. The van der Waals surface area contributed by atoms with E-state index in [4.69, 9.17) is 10.5 Å². The number of aliphatic imine (C=N–C) groups is 1. The second-order valence-corrected chi connectivity index (χ2v) is 5.70. The third kappa shape index (κ3) is 7.87. The van der Waals surface area contributed by atoms with Crippen molar-refractivity contribution in [2.45, 2.75) is 19.4 Å². The molecule has 2 rings (SSSR count). The fourth-order valence-corrected chi connectivity index (χ4v) is 2.08. The number of halogens is 3. The number of aliphatic hydroxyl groups excluding tert-OH is 1. The van der Waals surface area contributed by atoms with Gasteiger partial charge in [0.25, 0.3) is 0 Å². The number of ether oxygens (including phenoxy) is 2. The average molecular weight is 383 g/mol. The van der Waals surface area contributed by atoms with Gasteiger partial charge < -0.3 is 25.6 Å². The first-order chi connectivity index (χ1) is 12.7. The molecule has 4 N–H and O–H groups in total. The Labute approximate surface area is 154 Å². The Morgan fingerprint density at radius 1 is 1.19 bits per heavy atom. The summed E-state index contributed by atoms with van der Waals surface area (Å²) < 4.78 is 45.6. The molecule has 146 valence electrons. The monoisotopic (exact) mass is 383 g/mol. The molecule has 0 fully saturated rings. The third-order valence-electron chi connectivity index (χ3n) is 3.26. The van der Waals surface area contributed by atoms with Crippen LogP contribution in [0.4, 0.5) is 18.9 Å². The van der Waals surface area contributed by atoms with Gasteiger partial charge in [-0.25, -0.2) is 0 Å². The van der Waals surface area contributed by atoms with Gasteiger partial charge in [-0.15, -0.1) is 13.2 Å². The van der Waals surface area contributed by atoms with Crippen LogP contribution in [-0.4, -0.2) is 36.7 Å². The third-order valence-corrected chi connectivity index (χ3v) is 3.26. The number of nitrogens with two attached hydrogens (primary N) is 1. The molecular formula is C18H20F3N3O3. The van der Waals surface area contributed by atoms with Crippen LogP contribution in [0.5, 0.6) is 11.5 Å². The lowest BCUT2D eigenvalue weighted by Crippen LogP contribution is -2.27. The minimum atomic E-state index is -4.74. The van der Waals surface area contributed by atoms with E-state index in [2.05, 4.69) is 15.0 Å². The standard InChI is InChI=1S/C18H20F3N3O3/c1-12-3-2-4-16(9-12)26-11-14(25)10-23-17(22)24-13-5-7-15(8-6-13)27-18(19,20)21/h2-9,14,25H,10-11H2,1H3,(H3,22,23,24). The maximum atomic E-state index is 12.1. The van der Waals surface area contributed by atoms with Gasteiger partial charge in [0.05, 0.1) is 6.54 Å². The van der Waals surface area contributed by atoms with E-state index in [1.807, 2.05) is 25.1 Å². The van der Waals surface area contributed by atoms with E-state index in [9.17, 15) is 18.3 Å². The summed E-state index contributed by atoms with van der Waals surface area (Å²) in [6.07, 6.45) is -5.61. The minimum Gasteiger partial charge on any atom is -0.491 e. The topological polar surface area (TPSA) is 89.1 Å². The van der Waals surface area contributed by atoms with Crippen molar-refractivity contribution in [2.24, 2.45) is 10.7 Å². The summed E-state index contributed by atoms with van der Waals surface area (Å²) in [6, 6.07) is 12.4. The van der Waals surface area contributed by atoms with Crippen molar-refractivity contribution in [2.75, 3.05) is 18.5 Å². The Balaban J connectivity index is 1.79. The number of aliphatic hydroxyl groups is 1. The van der Waals surface area contributed by atoms with Gasteiger partial charge in [-0.3, -0.25) is 4.99 Å². The molecule has 0 aromatic heterocycles. The lowest BCUT2D eigenvalue weighted by molar-refractivity contribution is -0.274. The van der Waals surface area contributed by atoms with Crippen molar-refractivity contribution < 1.29 is 27.8 Å². The van der Waals surface area contributed by atoms with Crippen molar-refractivity contribution in [3.8, 4) is 11.5 Å². The summed E-state index contributed by atoms with van der Waals surface area (Å²) in [4.78, 5) is 3.97. The van der Waals surface area contributed by atoms with Crippen LogP contribution in [0.1, 0.15) is 5.56 Å². The zero-order chi connectivity index (χ0) is 19.9. The molecule has 0 saturated carbocycles. The summed E-state index contributed by atoms with van der Waals surface area (Å²) in [5.41, 5.74) is 7.17. The van der Waals surface area contributed by atoms with E-state index in [0.717, 1.165) is 17.7 Å². The smallest absolute Gasteiger partial charge is 0.491 e. The van der Waals surface area contributed by atoms with Crippen LogP contribution in [0, 0.1) is 6.92 Å². The number of benzene rings is 2. The fraction of sp³-hybridized carbons (Fsp3) is 0.278. The first kappa shape index (κ1) is 20.4. The van der Waals surface area contributed by atoms with E-state index in [1.165, 1.54) is 12.1 Å². The number of aryl methyl sites for hydroxylation is 1. The molecule has 1 unspecified atom stereocenters. The Morgan fingerprint density at radius 2 is 1.89 bits per heavy atom. The lowest BCUT2D eigenvalue weighted by Gasteiger charge is -2.12. The molecule has 2 aromatic rings. The maximum absolute atomic E-state index is 12.1. The van der Waals surface area contributed by atoms with Crippen molar-refractivity contribution in [1.29, 1.82) is 0 Å². The van der Waals surface area contributed by atoms with E-state index < -0.39 is 12.5 Å². The fourth-order valence-electron chi connectivity index (χ4n) is 2.08. The highest BCUT2D eigenvalue weighted by Gasteiger charge is 2.30. The predicted octanol–water partition coefficient (Wildman–Crippen LogP) is 3.06. The van der Waals surface area contributed by atoms with Gasteiger partial charge >= 0.3 is 6.36 Å². The molecule has 6 nitrogen and oxygen atoms in total. The molecule has 0 saturated heterocycles. The Hall–Kier alpha value is -2.94. The zero-order valence-corrected chi connectivity index (χ0v) is 14.5. The normalized spacial score (nSPS) is 13.1. The summed E-state index contributed by atoms with van der Waals surface area (Å²) >= 11 is 0. The molecule has 1 atom stereocenters. The summed E-state index contributed by atoms with van der Waals surface area (Å²) in [5, 5.41) is 12.6. The van der Waals surface area contributed by atoms with Gasteiger partial charge in [0.2, 0.25) is 0 Å². The number of alkyl halides is 3. The summed E-state index contributed by atoms with van der Waals surface area (Å²) in [5.74, 6) is 0.312. The van der Waals surface area contributed by atoms with Crippen LogP contribution in [0.3, 0.4) is 0 Å². The van der Waals surface area contributed by atoms with Gasteiger partial charge in [0, 0.05) is 5.69 Å². The highest BCUT2D eigenvalue weighted by Crippen LogP contribution is 2.23. The Kier molecular flexibility index (Phi) is 6.89. The van der Waals surface area contributed by atoms with Crippen LogP contribution in [0.15, 0.2) is 53.5 Å². The predicted molar refractivity (Wildman–Crippen MR) is 95.9 cm³/mol. The number of anilines is 1. The molecule has 0 bridgehead atoms. The summed E-state index contributed by atoms with van der Waals surface area (Å²) in [6.45, 7) is 1.98. The number of hydrogen-bond acceptors (Lipinski definition) is 4. The van der Waals surface area contributed by atoms with Gasteiger partial charge in [-0.2, -0.15) is 0 Å². The lowest BCUT2D eigenvalue weighted by atomic mass is 10.2. The average Bonchev–Trinajstić information content (AvgIpc) is 2.59. The van der Waals surface area contributed by atoms with Crippen LogP contribution in [0.25, 0.3) is 0 Å². The van der Waals surface area contributed by atoms with Gasteiger partial charge in [-0.1, -0.05) is 12.1 Å². The van der Waals surface area contributed by atoms with E-state index in [0.29, 0.717) is 11.4 Å². The zero-order valence-electron chi connectivity index (χ0n) is 14.5. The van der Waals surface area contributed by atoms with Crippen molar-refractivity contribution in [3.63, 3.8) is 0 Å². The SMILES string of the molecule is Cc1cccc(OCC(O)CN=C(N)Nc2ccc(OC(F)(F)F)cc2)c1. The molecule has 9 heteroatoms. The van der Waals surface area contributed by atoms with Crippen LogP contribution in [0.2, 0.25) is 0 Å². The highest BCUT2D eigenvalue weighted by molar-refractivity contribution is 5.92. The van der Waals surface area contributed by atoms with Crippen molar-refractivity contribution in [1.82, 2.24) is 0 Å². The second-order valence-electron chi connectivity index (χ2n) is 5.70. The molecular weight excluding hydrogens is 363 g/mol. The number of guanidine groups is 1. The molecule has 0 aliphatic rings. The molecule has 0 aliphatic carbocycles. The number of nitrogens with zero attached hydrogens (tertiary/aromatic N) is 1. The Morgan fingerprint density at radius 3 is 2.52 bits per heavy atom. The van der Waals surface area contributed by atoms with E-state index >= 15 is 0 Å². The first-order valence-corrected chi connectivity index (χ1v) is 8.01. The Bertz CT molecular complexity index is 764. The van der Waals surface area contributed by atoms with Crippen LogP contribution >= 0.6 is 0 Å². The molecule has 0 spiro atoms. The van der Waals surface area contributed by atoms with E-state index in [1.54, 1.807) is 6.07 Å². The van der Waals surface area contributed by atoms with E-state index in [-0.39, 0.29) is 24.9 Å². The van der Waals surface area contributed by atoms with Gasteiger partial charge in [0.15, 0.2) is 5.96 Å². The van der Waals surface area contributed by atoms with Gasteiger partial charge in [-0.05, 0) is 48.9 Å². The minimum absolute atomic E-state index is 0.0000819. The summed E-state index contributed by atoms with van der Waals surface area (Å²) in [7, 11) is 0. The molecule has 0 aliphatic heterocycles. The molecule has 0 heterocycles. The highest BCUT2D eigenvalue weighted by atomic mass is 19.4. The largest absolute Gasteiger partial charge is 0.573 e. The quantitative estimate of drug-likeness (QED) is 0.505. The van der Waals surface area contributed by atoms with Crippen molar-refractivity contribution >= 4 is 11.6 Å². The van der Waals surface area contributed by atoms with Gasteiger partial charge in [0.1, 0.15) is 24.2 Å². The van der Waals surface area contributed by atoms with Crippen LogP contribution < -0.4 is 20.5 Å². The van der Waals surface area contributed by atoms with Crippen molar-refractivity contribution in [3.05, 3.63) is 54.1 Å². The second kappa shape index (κ2) is 9.13. The molecule has 27 heavy (non-hydrogen) atoms. The maximum Gasteiger partial charge on any atom is 0.573 e. The molecule has 0 radical (unpaired) electrons. The van der Waals surface area contributed by atoms with Crippen LogP contribution in [-0.2, 0) is 0 Å². The first-order valence-electron chi connectivity index (χ1n) is 8.01. The number of hydrogen-bond donors (Lipinski definition) is 3. The molecule has 2 aromatic carbocycles.